The molecule has 0 saturated heterocycles. The van der Waals surface area contributed by atoms with Crippen LogP contribution in [0.5, 0.6) is 0 Å². The first kappa shape index (κ1) is 11.8. The zero-order valence-electron chi connectivity index (χ0n) is 9.97. The van der Waals surface area contributed by atoms with Crippen molar-refractivity contribution in [2.24, 2.45) is 5.92 Å². The van der Waals surface area contributed by atoms with E-state index < -0.39 is 0 Å². The second-order valence-electron chi connectivity index (χ2n) is 4.37. The number of rotatable bonds is 5. The fraction of sp³-hybridized carbons (Fsp3) is 0.846. The second kappa shape index (κ2) is 6.23. The van der Waals surface area contributed by atoms with Crippen molar-refractivity contribution in [3.05, 3.63) is 11.6 Å². The number of hydrogen-bond donors (Lipinski definition) is 1. The Morgan fingerprint density at radius 3 is 2.43 bits per heavy atom. The molecule has 1 N–H and O–H groups in total. The Morgan fingerprint density at radius 2 is 2.00 bits per heavy atom. The molecule has 0 fully saturated rings. The molecule has 1 heteroatoms. The summed E-state index contributed by atoms with van der Waals surface area (Å²) < 4.78 is 0. The molecule has 1 atom stereocenters. The van der Waals surface area contributed by atoms with Crippen molar-refractivity contribution in [1.82, 2.24) is 5.32 Å². The highest BCUT2D eigenvalue weighted by molar-refractivity contribution is 5.14. The summed E-state index contributed by atoms with van der Waals surface area (Å²) in [5.41, 5.74) is 1.67. The molecule has 14 heavy (non-hydrogen) atoms. The first-order valence-electron chi connectivity index (χ1n) is 6.19. The first-order chi connectivity index (χ1) is 6.83. The highest BCUT2D eigenvalue weighted by atomic mass is 14.9. The van der Waals surface area contributed by atoms with E-state index in [1.54, 1.807) is 5.57 Å². The van der Waals surface area contributed by atoms with E-state index in [0.717, 1.165) is 5.92 Å². The number of hydrogen-bond acceptors (Lipinski definition) is 1. The van der Waals surface area contributed by atoms with E-state index in [4.69, 9.17) is 0 Å². The lowest BCUT2D eigenvalue weighted by Crippen LogP contribution is -2.35. The highest BCUT2D eigenvalue weighted by Gasteiger charge is 2.21. The van der Waals surface area contributed by atoms with Gasteiger partial charge in [-0.25, -0.2) is 0 Å². The van der Waals surface area contributed by atoms with Crippen LogP contribution in [0, 0.1) is 5.92 Å². The molecule has 0 saturated carbocycles. The molecule has 0 aromatic rings. The van der Waals surface area contributed by atoms with Gasteiger partial charge in [0.05, 0.1) is 0 Å². The van der Waals surface area contributed by atoms with Gasteiger partial charge in [0.25, 0.3) is 0 Å². The van der Waals surface area contributed by atoms with Gasteiger partial charge in [-0.3, -0.25) is 0 Å². The lowest BCUT2D eigenvalue weighted by molar-refractivity contribution is 0.375. The second-order valence-corrected chi connectivity index (χ2v) is 4.37. The Morgan fingerprint density at radius 1 is 1.29 bits per heavy atom. The van der Waals surface area contributed by atoms with E-state index in [0.29, 0.717) is 6.04 Å². The molecule has 0 bridgehead atoms. The zero-order chi connectivity index (χ0) is 10.4. The van der Waals surface area contributed by atoms with Gasteiger partial charge in [0.1, 0.15) is 0 Å². The van der Waals surface area contributed by atoms with Crippen LogP contribution in [0.25, 0.3) is 0 Å². The van der Waals surface area contributed by atoms with E-state index in [2.05, 4.69) is 32.3 Å². The molecule has 1 rings (SSSR count). The average molecular weight is 195 g/mol. The smallest absolute Gasteiger partial charge is 0.0304 e. The van der Waals surface area contributed by atoms with Crippen LogP contribution in [0.2, 0.25) is 0 Å². The highest BCUT2D eigenvalue weighted by Crippen LogP contribution is 2.26. The topological polar surface area (TPSA) is 12.0 Å². The van der Waals surface area contributed by atoms with Crippen LogP contribution in [0.1, 0.15) is 52.4 Å². The third-order valence-electron chi connectivity index (χ3n) is 3.56. The quantitative estimate of drug-likeness (QED) is 0.662. The van der Waals surface area contributed by atoms with Crippen LogP contribution in [0.3, 0.4) is 0 Å². The van der Waals surface area contributed by atoms with Crippen LogP contribution >= 0.6 is 0 Å². The minimum absolute atomic E-state index is 0.644. The fourth-order valence-corrected chi connectivity index (χ4v) is 2.63. The number of nitrogens with one attached hydrogen (secondary N) is 1. The van der Waals surface area contributed by atoms with Crippen LogP contribution in [0.4, 0.5) is 0 Å². The predicted molar refractivity (Wildman–Crippen MR) is 63.5 cm³/mol. The van der Waals surface area contributed by atoms with E-state index in [1.807, 2.05) is 0 Å². The average Bonchev–Trinajstić information content (AvgIpc) is 2.27. The Balaban J connectivity index is 2.63. The molecular weight excluding hydrogens is 170 g/mol. The van der Waals surface area contributed by atoms with Gasteiger partial charge in [-0.2, -0.15) is 0 Å². The van der Waals surface area contributed by atoms with E-state index >= 15 is 0 Å². The molecular formula is C13H25N. The Labute approximate surface area is 89.0 Å². The van der Waals surface area contributed by atoms with Crippen molar-refractivity contribution >= 4 is 0 Å². The van der Waals surface area contributed by atoms with Crippen LogP contribution in [-0.2, 0) is 0 Å². The summed E-state index contributed by atoms with van der Waals surface area (Å²) in [5.74, 6) is 0.823. The molecule has 0 amide bonds. The van der Waals surface area contributed by atoms with Gasteiger partial charge in [-0.05, 0) is 38.6 Å². The molecule has 1 aliphatic rings. The fourth-order valence-electron chi connectivity index (χ4n) is 2.63. The summed E-state index contributed by atoms with van der Waals surface area (Å²) in [5, 5.41) is 3.51. The lowest BCUT2D eigenvalue weighted by Gasteiger charge is -2.29. The third kappa shape index (κ3) is 2.84. The molecule has 0 radical (unpaired) electrons. The van der Waals surface area contributed by atoms with E-state index in [9.17, 15) is 0 Å². The Hall–Kier alpha value is -0.300. The number of allylic oxidation sites excluding steroid dienone is 1. The summed E-state index contributed by atoms with van der Waals surface area (Å²) in [7, 11) is 2.11. The Bertz CT molecular complexity index is 180. The maximum atomic E-state index is 3.51. The molecule has 0 aromatic carbocycles. The SMILES string of the molecule is CCC(CC)C(NC)C1=CCCCC1. The maximum absolute atomic E-state index is 3.51. The van der Waals surface area contributed by atoms with Crippen LogP contribution in [0.15, 0.2) is 11.6 Å². The summed E-state index contributed by atoms with van der Waals surface area (Å²) in [4.78, 5) is 0. The van der Waals surface area contributed by atoms with Gasteiger partial charge >= 0.3 is 0 Å². The molecule has 1 aliphatic carbocycles. The lowest BCUT2D eigenvalue weighted by atomic mass is 9.84. The molecule has 0 aromatic heterocycles. The van der Waals surface area contributed by atoms with Crippen molar-refractivity contribution in [2.45, 2.75) is 58.4 Å². The van der Waals surface area contributed by atoms with Gasteiger partial charge in [0.15, 0.2) is 0 Å². The summed E-state index contributed by atoms with van der Waals surface area (Å²) in [6, 6.07) is 0.644. The zero-order valence-corrected chi connectivity index (χ0v) is 9.97. The minimum Gasteiger partial charge on any atom is -0.313 e. The molecule has 82 valence electrons. The van der Waals surface area contributed by atoms with Crippen molar-refractivity contribution in [2.75, 3.05) is 7.05 Å². The Kier molecular flexibility index (Phi) is 5.24. The molecule has 1 nitrogen and oxygen atoms in total. The van der Waals surface area contributed by atoms with Crippen molar-refractivity contribution in [3.63, 3.8) is 0 Å². The van der Waals surface area contributed by atoms with Gasteiger partial charge < -0.3 is 5.32 Å². The van der Waals surface area contributed by atoms with Crippen molar-refractivity contribution < 1.29 is 0 Å². The van der Waals surface area contributed by atoms with Gasteiger partial charge in [0, 0.05) is 6.04 Å². The minimum atomic E-state index is 0.644. The normalized spacial score (nSPS) is 19.6. The summed E-state index contributed by atoms with van der Waals surface area (Å²) >= 11 is 0. The summed E-state index contributed by atoms with van der Waals surface area (Å²) in [6.45, 7) is 4.61. The van der Waals surface area contributed by atoms with Gasteiger partial charge in [0.2, 0.25) is 0 Å². The van der Waals surface area contributed by atoms with E-state index in [1.165, 1.54) is 38.5 Å². The molecule has 1 unspecified atom stereocenters. The standard InChI is InChI=1S/C13H25N/c1-4-11(5-2)13(14-3)12-9-7-6-8-10-12/h9,11,13-14H,4-8,10H2,1-3H3. The monoisotopic (exact) mass is 195 g/mol. The van der Waals surface area contributed by atoms with Gasteiger partial charge in [-0.1, -0.05) is 38.3 Å². The van der Waals surface area contributed by atoms with Crippen LogP contribution < -0.4 is 5.32 Å². The third-order valence-corrected chi connectivity index (χ3v) is 3.56. The first-order valence-corrected chi connectivity index (χ1v) is 6.19. The predicted octanol–water partition coefficient (Wildman–Crippen LogP) is 3.51. The summed E-state index contributed by atoms with van der Waals surface area (Å²) in [6.07, 6.45) is 10.5. The number of likely N-dealkylation sites (N-methyl/N-ethyl adjacent to an activating group) is 1. The van der Waals surface area contributed by atoms with Crippen molar-refractivity contribution in [3.8, 4) is 0 Å². The maximum Gasteiger partial charge on any atom is 0.0304 e. The molecule has 0 heterocycles. The van der Waals surface area contributed by atoms with E-state index in [-0.39, 0.29) is 0 Å². The largest absolute Gasteiger partial charge is 0.313 e. The van der Waals surface area contributed by atoms with Crippen LogP contribution in [-0.4, -0.2) is 13.1 Å². The molecule has 0 spiro atoms. The van der Waals surface area contributed by atoms with Crippen molar-refractivity contribution in [1.29, 1.82) is 0 Å². The molecule has 0 aliphatic heterocycles. The van der Waals surface area contributed by atoms with Gasteiger partial charge in [-0.15, -0.1) is 0 Å².